The summed E-state index contributed by atoms with van der Waals surface area (Å²) < 4.78 is 18.3. The molecule has 7 N–H and O–H groups in total. The molecule has 0 spiro atoms. The summed E-state index contributed by atoms with van der Waals surface area (Å²) in [6.07, 6.45) is 12.3. The number of ether oxygens (including phenoxy) is 3. The van der Waals surface area contributed by atoms with Crippen LogP contribution in [0.5, 0.6) is 0 Å². The molecule has 0 saturated carbocycles. The van der Waals surface area contributed by atoms with Crippen molar-refractivity contribution in [2.75, 3.05) is 26.7 Å². The number of likely N-dealkylation sites (N-methyl/N-ethyl adjacent to an activating group) is 1. The standard InChI is InChI=1S/C49H85N9O11/c1-35(56(11)31-27-50)33-58(34-39-51-29-32-57(39)12)30-20-18-21-36(43(62)63)53-41(60)24-16-14-13-15-23-40(59)52-28-19-17-22-37(44(64)68-48(5,6)7)54-46(66)55-38(45(65)69-49(8,9)10)25-26-42(61)67-47(2,3)4/h27,29,31-32,36-38H,1,13-26,28,30,33-34,50H2,2-12H3,(H,52,59)(H,53,60)(H,62,63)(H2,54,55,66)/b31-27-/t36-,37-,38-/m0/s1. The molecule has 1 heterocycles. The molecule has 3 atom stereocenters. The molecular formula is C49H85N9O11. The number of nitrogens with one attached hydrogen (secondary N) is 4. The van der Waals surface area contributed by atoms with E-state index >= 15 is 0 Å². The second-order valence-corrected chi connectivity index (χ2v) is 20.3. The van der Waals surface area contributed by atoms with Crippen molar-refractivity contribution >= 4 is 41.7 Å². The Morgan fingerprint density at radius 2 is 1.28 bits per heavy atom. The molecule has 20 nitrogen and oxygen atoms in total. The Hall–Kier alpha value is -5.66. The predicted molar refractivity (Wildman–Crippen MR) is 263 cm³/mol. The van der Waals surface area contributed by atoms with E-state index in [2.05, 4.69) is 37.7 Å². The molecule has 0 unspecified atom stereocenters. The van der Waals surface area contributed by atoms with Crippen LogP contribution >= 0.6 is 0 Å². The third kappa shape index (κ3) is 29.8. The molecule has 1 rings (SSSR count). The van der Waals surface area contributed by atoms with Gasteiger partial charge in [0.15, 0.2) is 0 Å². The average molecular weight is 976 g/mol. The van der Waals surface area contributed by atoms with Gasteiger partial charge >= 0.3 is 29.9 Å². The van der Waals surface area contributed by atoms with Crippen LogP contribution in [0.1, 0.15) is 158 Å². The zero-order valence-electron chi connectivity index (χ0n) is 43.4. The molecule has 0 aliphatic carbocycles. The highest BCUT2D eigenvalue weighted by atomic mass is 16.6. The van der Waals surface area contributed by atoms with Gasteiger partial charge in [-0.2, -0.15) is 0 Å². The third-order valence-electron chi connectivity index (χ3n) is 10.2. The summed E-state index contributed by atoms with van der Waals surface area (Å²) in [5, 5.41) is 20.5. The summed E-state index contributed by atoms with van der Waals surface area (Å²) in [5.41, 5.74) is 3.94. The fourth-order valence-electron chi connectivity index (χ4n) is 6.75. The van der Waals surface area contributed by atoms with Gasteiger partial charge in [-0.25, -0.2) is 24.2 Å². The largest absolute Gasteiger partial charge is 0.480 e. The van der Waals surface area contributed by atoms with Crippen molar-refractivity contribution in [3.05, 3.63) is 42.9 Å². The Kier molecular flexibility index (Phi) is 27.3. The second kappa shape index (κ2) is 30.7. The van der Waals surface area contributed by atoms with E-state index in [1.807, 2.05) is 29.8 Å². The first kappa shape index (κ1) is 61.4. The molecule has 0 saturated heterocycles. The smallest absolute Gasteiger partial charge is 0.329 e. The molecule has 1 aromatic rings. The van der Waals surface area contributed by atoms with E-state index < -0.39 is 64.8 Å². The zero-order chi connectivity index (χ0) is 52.4. The number of esters is 3. The Labute approximate surface area is 410 Å². The quantitative estimate of drug-likeness (QED) is 0.0304. The molecule has 4 amide bonds. The maximum absolute atomic E-state index is 13.2. The van der Waals surface area contributed by atoms with Crippen molar-refractivity contribution in [3.8, 4) is 0 Å². The van der Waals surface area contributed by atoms with Crippen LogP contribution in [0.4, 0.5) is 4.79 Å². The number of aliphatic carboxylic acids is 1. The van der Waals surface area contributed by atoms with E-state index in [1.165, 1.54) is 6.20 Å². The number of amides is 4. The fourth-order valence-corrected chi connectivity index (χ4v) is 6.75. The lowest BCUT2D eigenvalue weighted by atomic mass is 10.1. The van der Waals surface area contributed by atoms with E-state index in [-0.39, 0.29) is 43.9 Å². The second-order valence-electron chi connectivity index (χ2n) is 20.3. The summed E-state index contributed by atoms with van der Waals surface area (Å²) in [4.78, 5) is 97.5. The summed E-state index contributed by atoms with van der Waals surface area (Å²) in [6.45, 7) is 21.6. The van der Waals surface area contributed by atoms with Crippen molar-refractivity contribution < 1.29 is 52.9 Å². The van der Waals surface area contributed by atoms with Gasteiger partial charge in [-0.1, -0.05) is 19.4 Å². The number of unbranched alkanes of at least 4 members (excludes halogenated alkanes) is 5. The van der Waals surface area contributed by atoms with Crippen molar-refractivity contribution in [3.63, 3.8) is 0 Å². The van der Waals surface area contributed by atoms with Crippen LogP contribution in [0.2, 0.25) is 0 Å². The normalized spacial score (nSPS) is 13.2. The predicted octanol–water partition coefficient (Wildman–Crippen LogP) is 5.31. The number of nitrogens with zero attached hydrogens (tertiary/aromatic N) is 4. The average Bonchev–Trinajstić information content (AvgIpc) is 3.62. The van der Waals surface area contributed by atoms with Crippen LogP contribution in [0, 0.1) is 0 Å². The molecule has 0 bridgehead atoms. The van der Waals surface area contributed by atoms with Crippen LogP contribution in [0.25, 0.3) is 0 Å². The number of urea groups is 1. The molecule has 0 aliphatic heterocycles. The molecule has 0 aromatic carbocycles. The molecule has 0 fully saturated rings. The number of rotatable bonds is 32. The van der Waals surface area contributed by atoms with Crippen molar-refractivity contribution in [2.24, 2.45) is 12.8 Å². The fraction of sp³-hybridized carbons (Fsp3) is 0.714. The van der Waals surface area contributed by atoms with E-state index in [0.29, 0.717) is 84.0 Å². The molecule has 392 valence electrons. The lowest BCUT2D eigenvalue weighted by Crippen LogP contribution is -2.53. The maximum Gasteiger partial charge on any atom is 0.329 e. The number of carboxylic acid groups (broad SMARTS) is 1. The van der Waals surface area contributed by atoms with Crippen LogP contribution in [0.3, 0.4) is 0 Å². The number of hydrogen-bond donors (Lipinski definition) is 6. The minimum absolute atomic E-state index is 0.0948. The minimum Gasteiger partial charge on any atom is -0.480 e. The highest BCUT2D eigenvalue weighted by Crippen LogP contribution is 2.16. The number of aryl methyl sites for hydroxylation is 1. The van der Waals surface area contributed by atoms with Gasteiger partial charge in [-0.05, 0) is 127 Å². The Morgan fingerprint density at radius 1 is 0.739 bits per heavy atom. The number of carbonyl (C=O) groups is 7. The van der Waals surface area contributed by atoms with Gasteiger partial charge in [0.1, 0.15) is 40.8 Å². The molecule has 0 aliphatic rings. The van der Waals surface area contributed by atoms with Crippen LogP contribution in [-0.4, -0.2) is 128 Å². The number of nitrogens with two attached hydrogens (primary N) is 1. The number of hydrogen-bond acceptors (Lipinski definition) is 14. The van der Waals surface area contributed by atoms with Gasteiger partial charge < -0.3 is 55.8 Å². The van der Waals surface area contributed by atoms with E-state index in [4.69, 9.17) is 19.9 Å². The molecule has 69 heavy (non-hydrogen) atoms. The van der Waals surface area contributed by atoms with Crippen molar-refractivity contribution in [1.82, 2.24) is 40.6 Å². The SMILES string of the molecule is C=C(CN(CCCC[C@H](NC(=O)CCCCCCC(=O)NCCCC[C@H](NC(=O)N[C@@H](CCC(=O)OC(C)(C)C)C(=O)OC(C)(C)C)C(=O)OC(C)(C)C)C(=O)O)Cc1nccn1C)N(C)/C=C\N. The van der Waals surface area contributed by atoms with Crippen molar-refractivity contribution in [2.45, 2.75) is 194 Å². The van der Waals surface area contributed by atoms with Crippen LogP contribution in [-0.2, 0) is 56.6 Å². The minimum atomic E-state index is -1.21. The lowest BCUT2D eigenvalue weighted by molar-refractivity contribution is -0.159. The van der Waals surface area contributed by atoms with Gasteiger partial charge in [0.2, 0.25) is 11.8 Å². The van der Waals surface area contributed by atoms with Gasteiger partial charge in [0.05, 0.1) is 6.54 Å². The monoisotopic (exact) mass is 976 g/mol. The van der Waals surface area contributed by atoms with Gasteiger partial charge in [-0.15, -0.1) is 0 Å². The number of carbonyl (C=O) groups excluding carboxylic acids is 6. The summed E-state index contributed by atoms with van der Waals surface area (Å²) in [6, 6.07) is -4.10. The van der Waals surface area contributed by atoms with Gasteiger partial charge in [0.25, 0.3) is 0 Å². The Morgan fingerprint density at radius 3 is 1.80 bits per heavy atom. The molecule has 0 radical (unpaired) electrons. The number of aromatic nitrogens is 2. The first-order valence-corrected chi connectivity index (χ1v) is 24.1. The van der Waals surface area contributed by atoms with E-state index in [0.717, 1.165) is 11.5 Å². The van der Waals surface area contributed by atoms with Crippen LogP contribution in [0.15, 0.2) is 37.1 Å². The van der Waals surface area contributed by atoms with Crippen LogP contribution < -0.4 is 27.0 Å². The van der Waals surface area contributed by atoms with Gasteiger partial charge in [-0.3, -0.25) is 19.3 Å². The molecule has 20 heteroatoms. The first-order chi connectivity index (χ1) is 32.1. The van der Waals surface area contributed by atoms with E-state index in [9.17, 15) is 38.7 Å². The third-order valence-corrected chi connectivity index (χ3v) is 10.2. The Bertz CT molecular complexity index is 1830. The lowest BCUT2D eigenvalue weighted by Gasteiger charge is -2.27. The summed E-state index contributed by atoms with van der Waals surface area (Å²) in [7, 11) is 3.80. The molecular weight excluding hydrogens is 891 g/mol. The molecule has 1 aromatic heterocycles. The Balaban J connectivity index is 2.53. The highest BCUT2D eigenvalue weighted by Gasteiger charge is 2.31. The maximum atomic E-state index is 13.2. The summed E-state index contributed by atoms with van der Waals surface area (Å²) >= 11 is 0. The van der Waals surface area contributed by atoms with Crippen molar-refractivity contribution in [1.29, 1.82) is 0 Å². The highest BCUT2D eigenvalue weighted by molar-refractivity contribution is 5.87. The zero-order valence-corrected chi connectivity index (χ0v) is 43.4. The number of imidazole rings is 1. The van der Waals surface area contributed by atoms with E-state index in [1.54, 1.807) is 74.7 Å². The topological polar surface area (TPSA) is 266 Å². The number of carboxylic acids is 1. The first-order valence-electron chi connectivity index (χ1n) is 24.1. The summed E-state index contributed by atoms with van der Waals surface area (Å²) in [5.74, 6) is -2.62. The van der Waals surface area contributed by atoms with Gasteiger partial charge in [0, 0.05) is 76.9 Å².